The van der Waals surface area contributed by atoms with Crippen LogP contribution in [0.4, 0.5) is 0 Å². The lowest BCUT2D eigenvalue weighted by Crippen LogP contribution is -2.44. The number of nitrogens with zero attached hydrogens (tertiary/aromatic N) is 2. The summed E-state index contributed by atoms with van der Waals surface area (Å²) in [5, 5.41) is 10.8. The van der Waals surface area contributed by atoms with Gasteiger partial charge in [-0.3, -0.25) is 15.0 Å². The number of amides is 2. The quantitative estimate of drug-likeness (QED) is 0.257. The van der Waals surface area contributed by atoms with E-state index in [1.54, 1.807) is 54.6 Å². The summed E-state index contributed by atoms with van der Waals surface area (Å²) in [6, 6.07) is 17.5. The van der Waals surface area contributed by atoms with Crippen LogP contribution in [-0.2, 0) is 11.4 Å². The Hall–Kier alpha value is -3.55. The minimum absolute atomic E-state index is 0.114. The van der Waals surface area contributed by atoms with Crippen LogP contribution in [-0.4, -0.2) is 28.3 Å². The predicted octanol–water partition coefficient (Wildman–Crippen LogP) is 6.31. The molecule has 3 aromatic rings. The molecule has 1 fully saturated rings. The zero-order chi connectivity index (χ0) is 27.4. The molecule has 2 amide bonds. The summed E-state index contributed by atoms with van der Waals surface area (Å²) in [6.45, 7) is 1.97. The first kappa shape index (κ1) is 27.5. The zero-order valence-electron chi connectivity index (χ0n) is 20.1. The minimum atomic E-state index is -0.559. The highest BCUT2D eigenvalue weighted by molar-refractivity contribution is 8.26. The van der Waals surface area contributed by atoms with Gasteiger partial charge in [0, 0.05) is 5.56 Å². The fourth-order valence-electron chi connectivity index (χ4n) is 3.55. The number of halogens is 2. The summed E-state index contributed by atoms with van der Waals surface area (Å²) in [4.78, 5) is 26.0. The van der Waals surface area contributed by atoms with E-state index in [1.165, 1.54) is 7.11 Å². The molecule has 7 nitrogen and oxygen atoms in total. The van der Waals surface area contributed by atoms with Crippen molar-refractivity contribution in [2.45, 2.75) is 13.5 Å². The van der Waals surface area contributed by atoms with Gasteiger partial charge in [0.25, 0.3) is 11.8 Å². The van der Waals surface area contributed by atoms with Crippen molar-refractivity contribution in [1.29, 1.82) is 5.26 Å². The van der Waals surface area contributed by atoms with Crippen LogP contribution in [0.1, 0.15) is 32.6 Å². The molecule has 4 rings (SSSR count). The molecule has 1 aliphatic rings. The first-order valence-corrected chi connectivity index (χ1v) is 13.0. The molecule has 1 saturated heterocycles. The summed E-state index contributed by atoms with van der Waals surface area (Å²) < 4.78 is 11.5. The lowest BCUT2D eigenvalue weighted by molar-refractivity contribution is -0.123. The standard InChI is InChI=1S/C27H19Cl2N3O4S2/c1-15-7-8-19(20(28)9-15)25(33)31-32-26(34)23(38-27(32)37)12-16-10-21(29)24(22(11-16)35-2)36-14-18-6-4-3-5-17(18)13-30/h3-12H,14H2,1-2H3,(H,31,33)/b23-12-. The highest BCUT2D eigenvalue weighted by atomic mass is 35.5. The maximum Gasteiger partial charge on any atom is 0.285 e. The van der Waals surface area contributed by atoms with Crippen LogP contribution in [0, 0.1) is 18.3 Å². The number of thiocarbonyl (C=S) groups is 1. The van der Waals surface area contributed by atoms with Crippen LogP contribution in [0.5, 0.6) is 11.5 Å². The van der Waals surface area contributed by atoms with Gasteiger partial charge in [-0.1, -0.05) is 59.2 Å². The number of benzene rings is 3. The minimum Gasteiger partial charge on any atom is -0.493 e. The number of hydrazine groups is 1. The average molecular weight is 585 g/mol. The van der Waals surface area contributed by atoms with Gasteiger partial charge in [0.05, 0.1) is 39.3 Å². The van der Waals surface area contributed by atoms with Gasteiger partial charge in [-0.15, -0.1) is 0 Å². The number of carbonyl (C=O) groups excluding carboxylic acids is 2. The first-order valence-electron chi connectivity index (χ1n) is 11.0. The summed E-state index contributed by atoms with van der Waals surface area (Å²) in [7, 11) is 1.47. The van der Waals surface area contributed by atoms with Crippen LogP contribution in [0.25, 0.3) is 6.08 Å². The number of aryl methyl sites for hydroxylation is 1. The number of methoxy groups -OCH3 is 1. The molecule has 11 heteroatoms. The third-order valence-electron chi connectivity index (χ3n) is 5.44. The first-order chi connectivity index (χ1) is 18.2. The van der Waals surface area contributed by atoms with Crippen LogP contribution in [0.15, 0.2) is 59.5 Å². The lowest BCUT2D eigenvalue weighted by Gasteiger charge is -2.16. The molecular weight excluding hydrogens is 565 g/mol. The molecular formula is C27H19Cl2N3O4S2. The summed E-state index contributed by atoms with van der Waals surface area (Å²) in [5.74, 6) is -0.415. The molecule has 0 spiro atoms. The third-order valence-corrected chi connectivity index (χ3v) is 7.33. The molecule has 0 saturated carbocycles. The number of carbonyl (C=O) groups is 2. The molecule has 0 radical (unpaired) electrons. The number of hydrogen-bond acceptors (Lipinski definition) is 7. The van der Waals surface area contributed by atoms with Crippen LogP contribution >= 0.6 is 47.2 Å². The molecule has 0 unspecified atom stereocenters. The van der Waals surface area contributed by atoms with E-state index in [2.05, 4.69) is 11.5 Å². The number of thioether (sulfide) groups is 1. The smallest absolute Gasteiger partial charge is 0.285 e. The monoisotopic (exact) mass is 583 g/mol. The Kier molecular flexibility index (Phi) is 8.59. The van der Waals surface area contributed by atoms with Gasteiger partial charge in [0.15, 0.2) is 15.8 Å². The fourth-order valence-corrected chi connectivity index (χ4v) is 5.32. The second-order valence-corrected chi connectivity index (χ2v) is 10.5. The van der Waals surface area contributed by atoms with Gasteiger partial charge in [-0.05, 0) is 66.7 Å². The molecule has 0 aromatic heterocycles. The van der Waals surface area contributed by atoms with Crippen molar-refractivity contribution in [2.75, 3.05) is 7.11 Å². The van der Waals surface area contributed by atoms with Crippen molar-refractivity contribution in [1.82, 2.24) is 10.4 Å². The fraction of sp³-hybridized carbons (Fsp3) is 0.111. The molecule has 0 aliphatic carbocycles. The van der Waals surface area contributed by atoms with Crippen LogP contribution in [0.3, 0.4) is 0 Å². The Balaban J connectivity index is 1.53. The topological polar surface area (TPSA) is 91.7 Å². The Labute approximate surface area is 238 Å². The largest absolute Gasteiger partial charge is 0.493 e. The van der Waals surface area contributed by atoms with E-state index in [1.807, 2.05) is 13.0 Å². The maximum absolute atomic E-state index is 13.0. The number of ether oxygens (including phenoxy) is 2. The van der Waals surface area contributed by atoms with Gasteiger partial charge in [0.2, 0.25) is 0 Å². The summed E-state index contributed by atoms with van der Waals surface area (Å²) in [5.41, 5.74) is 5.40. The summed E-state index contributed by atoms with van der Waals surface area (Å²) >= 11 is 19.0. The normalized spacial score (nSPS) is 14.0. The van der Waals surface area contributed by atoms with E-state index in [-0.39, 0.29) is 31.4 Å². The highest BCUT2D eigenvalue weighted by Crippen LogP contribution is 2.39. The predicted molar refractivity (Wildman–Crippen MR) is 152 cm³/mol. The average Bonchev–Trinajstić information content (AvgIpc) is 3.15. The van der Waals surface area contributed by atoms with Gasteiger partial charge in [0.1, 0.15) is 6.61 Å². The highest BCUT2D eigenvalue weighted by Gasteiger charge is 2.34. The molecule has 3 aromatic carbocycles. The van der Waals surface area contributed by atoms with E-state index < -0.39 is 11.8 Å². The van der Waals surface area contributed by atoms with Crippen molar-refractivity contribution in [2.24, 2.45) is 0 Å². The second-order valence-electron chi connectivity index (χ2n) is 8.03. The van der Waals surface area contributed by atoms with Crippen molar-refractivity contribution in [3.63, 3.8) is 0 Å². The van der Waals surface area contributed by atoms with E-state index in [4.69, 9.17) is 44.9 Å². The number of rotatable bonds is 7. The Morgan fingerprint density at radius 1 is 1.18 bits per heavy atom. The molecule has 1 heterocycles. The van der Waals surface area contributed by atoms with Crippen molar-refractivity contribution < 1.29 is 19.1 Å². The Morgan fingerprint density at radius 2 is 1.95 bits per heavy atom. The maximum atomic E-state index is 13.0. The number of nitrogens with one attached hydrogen (secondary N) is 1. The number of nitriles is 1. The van der Waals surface area contributed by atoms with Crippen molar-refractivity contribution >= 4 is 69.4 Å². The van der Waals surface area contributed by atoms with E-state index in [9.17, 15) is 14.9 Å². The van der Waals surface area contributed by atoms with Gasteiger partial charge < -0.3 is 9.47 Å². The second kappa shape index (κ2) is 11.9. The number of hydrogen-bond donors (Lipinski definition) is 1. The van der Waals surface area contributed by atoms with Gasteiger partial charge in [-0.25, -0.2) is 0 Å². The van der Waals surface area contributed by atoms with Crippen LogP contribution < -0.4 is 14.9 Å². The molecule has 38 heavy (non-hydrogen) atoms. The SMILES string of the molecule is COc1cc(/C=C2\SC(=S)N(NC(=O)c3ccc(C)cc3Cl)C2=O)cc(Cl)c1OCc1ccccc1C#N. The third kappa shape index (κ3) is 5.95. The molecule has 1 aliphatic heterocycles. The molecule has 1 N–H and O–H groups in total. The van der Waals surface area contributed by atoms with E-state index in [0.717, 1.165) is 22.3 Å². The van der Waals surface area contributed by atoms with E-state index in [0.29, 0.717) is 28.2 Å². The Bertz CT molecular complexity index is 1540. The van der Waals surface area contributed by atoms with Crippen molar-refractivity contribution in [3.8, 4) is 17.6 Å². The van der Waals surface area contributed by atoms with Crippen molar-refractivity contribution in [3.05, 3.63) is 97.4 Å². The molecule has 0 atom stereocenters. The van der Waals surface area contributed by atoms with Crippen LogP contribution in [0.2, 0.25) is 10.0 Å². The van der Waals surface area contributed by atoms with E-state index >= 15 is 0 Å². The molecule has 192 valence electrons. The molecule has 0 bridgehead atoms. The zero-order valence-corrected chi connectivity index (χ0v) is 23.2. The Morgan fingerprint density at radius 3 is 2.66 bits per heavy atom. The lowest BCUT2D eigenvalue weighted by atomic mass is 10.1. The summed E-state index contributed by atoms with van der Waals surface area (Å²) in [6.07, 6.45) is 1.59. The van der Waals surface area contributed by atoms with Gasteiger partial charge >= 0.3 is 0 Å². The van der Waals surface area contributed by atoms with Gasteiger partial charge in [-0.2, -0.15) is 10.3 Å².